The molecule has 0 heterocycles. The third kappa shape index (κ3) is 3.93. The molecule has 1 amide bonds. The van der Waals surface area contributed by atoms with Crippen molar-refractivity contribution in [3.8, 4) is 0 Å². The zero-order valence-electron chi connectivity index (χ0n) is 11.1. The number of carbonyl (C=O) groups excluding carboxylic acids is 1. The number of carbonyl (C=O) groups is 1. The maximum Gasteiger partial charge on any atom is 0.271 e. The number of hydrazone groups is 1. The summed E-state index contributed by atoms with van der Waals surface area (Å²) in [5.41, 5.74) is 4.13. The first-order chi connectivity index (χ1) is 9.66. The van der Waals surface area contributed by atoms with Crippen LogP contribution in [0.25, 0.3) is 0 Å². The fraction of sp³-hybridized carbons (Fsp3) is 0.125. The van der Waals surface area contributed by atoms with Crippen molar-refractivity contribution < 1.29 is 4.79 Å². The Hall–Kier alpha value is -2.13. The van der Waals surface area contributed by atoms with Crippen LogP contribution in [-0.2, 0) is 0 Å². The number of rotatable bonds is 4. The van der Waals surface area contributed by atoms with Crippen LogP contribution >= 0.6 is 11.6 Å². The minimum absolute atomic E-state index is 0.135. The van der Waals surface area contributed by atoms with Crippen molar-refractivity contribution in [2.75, 3.05) is 0 Å². The van der Waals surface area contributed by atoms with E-state index in [1.807, 2.05) is 37.3 Å². The largest absolute Gasteiger partial charge is 0.271 e. The van der Waals surface area contributed by atoms with Gasteiger partial charge in [-0.25, -0.2) is 5.43 Å². The van der Waals surface area contributed by atoms with Gasteiger partial charge in [0.1, 0.15) is 0 Å². The fourth-order valence-corrected chi connectivity index (χ4v) is 1.93. The number of benzene rings is 2. The zero-order valence-corrected chi connectivity index (χ0v) is 11.8. The van der Waals surface area contributed by atoms with Crippen molar-refractivity contribution in [1.82, 2.24) is 5.43 Å². The number of halogens is 1. The molecule has 2 aromatic carbocycles. The second kappa shape index (κ2) is 6.87. The van der Waals surface area contributed by atoms with Gasteiger partial charge in [0.15, 0.2) is 0 Å². The van der Waals surface area contributed by atoms with Gasteiger partial charge < -0.3 is 0 Å². The van der Waals surface area contributed by atoms with E-state index in [4.69, 9.17) is 11.6 Å². The van der Waals surface area contributed by atoms with Crippen LogP contribution in [0, 0.1) is 0 Å². The number of nitrogens with zero attached hydrogens (tertiary/aromatic N) is 1. The lowest BCUT2D eigenvalue weighted by atomic mass is 10.0. The van der Waals surface area contributed by atoms with Crippen LogP contribution in [0.15, 0.2) is 59.7 Å². The average Bonchev–Trinajstić information content (AvgIpc) is 2.48. The number of hydrogen-bond donors (Lipinski definition) is 1. The highest BCUT2D eigenvalue weighted by Crippen LogP contribution is 2.12. The SMILES string of the molecule is CC(/C=N/NC(=O)c1cccc(Cl)c1)c1ccccc1. The van der Waals surface area contributed by atoms with Crippen molar-refractivity contribution in [2.24, 2.45) is 5.10 Å². The standard InChI is InChI=1S/C16H15ClN2O/c1-12(13-6-3-2-4-7-13)11-18-19-16(20)14-8-5-9-15(17)10-14/h2-12H,1H3,(H,19,20)/b18-11+. The van der Waals surface area contributed by atoms with Crippen LogP contribution in [0.1, 0.15) is 28.8 Å². The molecule has 2 rings (SSSR count). The van der Waals surface area contributed by atoms with Gasteiger partial charge in [0, 0.05) is 22.7 Å². The highest BCUT2D eigenvalue weighted by Gasteiger charge is 2.05. The molecule has 0 aromatic heterocycles. The molecule has 4 heteroatoms. The Bertz CT molecular complexity index is 611. The highest BCUT2D eigenvalue weighted by atomic mass is 35.5. The van der Waals surface area contributed by atoms with E-state index < -0.39 is 0 Å². The summed E-state index contributed by atoms with van der Waals surface area (Å²) in [6, 6.07) is 16.7. The first-order valence-electron chi connectivity index (χ1n) is 6.31. The van der Waals surface area contributed by atoms with Crippen molar-refractivity contribution >= 4 is 23.7 Å². The Balaban J connectivity index is 1.95. The van der Waals surface area contributed by atoms with E-state index in [-0.39, 0.29) is 11.8 Å². The van der Waals surface area contributed by atoms with Crippen LogP contribution in [0.2, 0.25) is 5.02 Å². The second-order valence-electron chi connectivity index (χ2n) is 4.43. The van der Waals surface area contributed by atoms with Gasteiger partial charge in [0.25, 0.3) is 5.91 Å². The minimum atomic E-state index is -0.274. The summed E-state index contributed by atoms with van der Waals surface area (Å²) in [5, 5.41) is 4.51. The molecule has 0 aliphatic rings. The molecule has 0 aliphatic carbocycles. The molecular weight excluding hydrogens is 272 g/mol. The number of nitrogens with one attached hydrogen (secondary N) is 1. The predicted molar refractivity (Wildman–Crippen MR) is 82.3 cm³/mol. The molecule has 2 aromatic rings. The lowest BCUT2D eigenvalue weighted by molar-refractivity contribution is 0.0955. The van der Waals surface area contributed by atoms with Crippen LogP contribution in [0.5, 0.6) is 0 Å². The van der Waals surface area contributed by atoms with E-state index in [0.717, 1.165) is 5.56 Å². The summed E-state index contributed by atoms with van der Waals surface area (Å²) < 4.78 is 0. The molecule has 0 bridgehead atoms. The molecule has 1 unspecified atom stereocenters. The summed E-state index contributed by atoms with van der Waals surface area (Å²) in [7, 11) is 0. The van der Waals surface area contributed by atoms with E-state index >= 15 is 0 Å². The van der Waals surface area contributed by atoms with E-state index in [2.05, 4.69) is 10.5 Å². The Kier molecular flexibility index (Phi) is 4.91. The van der Waals surface area contributed by atoms with Gasteiger partial charge in [-0.1, -0.05) is 54.9 Å². The molecule has 0 fully saturated rings. The Morgan fingerprint density at radius 1 is 1.20 bits per heavy atom. The molecule has 102 valence electrons. The Morgan fingerprint density at radius 2 is 1.95 bits per heavy atom. The lowest BCUT2D eigenvalue weighted by Crippen LogP contribution is -2.18. The summed E-state index contributed by atoms with van der Waals surface area (Å²) in [6.45, 7) is 2.02. The smallest absolute Gasteiger partial charge is 0.267 e. The maximum atomic E-state index is 11.8. The van der Waals surface area contributed by atoms with Gasteiger partial charge in [0.05, 0.1) is 0 Å². The third-order valence-electron chi connectivity index (χ3n) is 2.88. The zero-order chi connectivity index (χ0) is 14.4. The summed E-state index contributed by atoms with van der Waals surface area (Å²) in [5.74, 6) is -0.139. The van der Waals surface area contributed by atoms with Gasteiger partial charge >= 0.3 is 0 Å². The molecule has 1 N–H and O–H groups in total. The fourth-order valence-electron chi connectivity index (χ4n) is 1.74. The van der Waals surface area contributed by atoms with Gasteiger partial charge in [0.2, 0.25) is 0 Å². The number of amides is 1. The van der Waals surface area contributed by atoms with E-state index in [0.29, 0.717) is 10.6 Å². The normalized spacial score (nSPS) is 12.3. The van der Waals surface area contributed by atoms with E-state index in [1.165, 1.54) is 0 Å². The Morgan fingerprint density at radius 3 is 2.65 bits per heavy atom. The van der Waals surface area contributed by atoms with Gasteiger partial charge in [-0.3, -0.25) is 4.79 Å². The molecule has 0 saturated carbocycles. The quantitative estimate of drug-likeness (QED) is 0.673. The summed E-state index contributed by atoms with van der Waals surface area (Å²) in [4.78, 5) is 11.8. The van der Waals surface area contributed by atoms with Gasteiger partial charge in [-0.2, -0.15) is 5.10 Å². The monoisotopic (exact) mass is 286 g/mol. The first kappa shape index (κ1) is 14.3. The van der Waals surface area contributed by atoms with Crippen LogP contribution in [-0.4, -0.2) is 12.1 Å². The first-order valence-corrected chi connectivity index (χ1v) is 6.68. The van der Waals surface area contributed by atoms with Crippen molar-refractivity contribution in [1.29, 1.82) is 0 Å². The van der Waals surface area contributed by atoms with E-state index in [1.54, 1.807) is 30.5 Å². The number of hydrogen-bond acceptors (Lipinski definition) is 2. The molecule has 0 aliphatic heterocycles. The van der Waals surface area contributed by atoms with Crippen LogP contribution in [0.3, 0.4) is 0 Å². The van der Waals surface area contributed by atoms with Crippen molar-refractivity contribution in [3.63, 3.8) is 0 Å². The van der Waals surface area contributed by atoms with Gasteiger partial charge in [-0.05, 0) is 23.8 Å². The lowest BCUT2D eigenvalue weighted by Gasteiger charge is -2.05. The van der Waals surface area contributed by atoms with Crippen LogP contribution in [0.4, 0.5) is 0 Å². The van der Waals surface area contributed by atoms with E-state index in [9.17, 15) is 4.79 Å². The topological polar surface area (TPSA) is 41.5 Å². The molecular formula is C16H15ClN2O. The predicted octanol–water partition coefficient (Wildman–Crippen LogP) is 3.86. The summed E-state index contributed by atoms with van der Waals surface area (Å²) >= 11 is 5.84. The minimum Gasteiger partial charge on any atom is -0.267 e. The summed E-state index contributed by atoms with van der Waals surface area (Å²) in [6.07, 6.45) is 1.71. The second-order valence-corrected chi connectivity index (χ2v) is 4.87. The van der Waals surface area contributed by atoms with Crippen molar-refractivity contribution in [3.05, 3.63) is 70.7 Å². The molecule has 3 nitrogen and oxygen atoms in total. The highest BCUT2D eigenvalue weighted by molar-refractivity contribution is 6.30. The molecule has 0 saturated heterocycles. The van der Waals surface area contributed by atoms with Crippen LogP contribution < -0.4 is 5.43 Å². The average molecular weight is 287 g/mol. The van der Waals surface area contributed by atoms with Gasteiger partial charge in [-0.15, -0.1) is 0 Å². The molecule has 0 spiro atoms. The molecule has 0 radical (unpaired) electrons. The van der Waals surface area contributed by atoms with Crippen molar-refractivity contribution in [2.45, 2.75) is 12.8 Å². The third-order valence-corrected chi connectivity index (χ3v) is 3.11. The maximum absolute atomic E-state index is 11.8. The Labute approximate surface area is 123 Å². The molecule has 1 atom stereocenters. The molecule has 20 heavy (non-hydrogen) atoms.